The number of hydrogen-bond donors (Lipinski definition) is 2. The Bertz CT molecular complexity index is 1450. The van der Waals surface area contributed by atoms with E-state index in [1.165, 1.54) is 11.3 Å². The molecule has 0 spiro atoms. The Hall–Kier alpha value is -2.94. The van der Waals surface area contributed by atoms with Gasteiger partial charge in [0.05, 0.1) is 27.9 Å². The first-order valence-corrected chi connectivity index (χ1v) is 13.4. The van der Waals surface area contributed by atoms with Crippen LogP contribution in [0.3, 0.4) is 0 Å². The van der Waals surface area contributed by atoms with Crippen LogP contribution in [0.5, 0.6) is 0 Å². The normalized spacial score (nSPS) is 13.4. The van der Waals surface area contributed by atoms with Crippen LogP contribution in [-0.4, -0.2) is 43.1 Å². The lowest BCUT2D eigenvalue weighted by Crippen LogP contribution is -2.30. The van der Waals surface area contributed by atoms with E-state index in [1.807, 2.05) is 49.0 Å². The number of benzene rings is 2. The van der Waals surface area contributed by atoms with Gasteiger partial charge in [-0.1, -0.05) is 35.1 Å². The third-order valence-electron chi connectivity index (χ3n) is 6.17. The topological polar surface area (TPSA) is 91.5 Å². The highest BCUT2D eigenvalue weighted by molar-refractivity contribution is 7.22. The number of carboxylic acid groups (broad SMARTS) is 1. The Kier molecular flexibility index (Phi) is 7.65. The smallest absolute Gasteiger partial charge is 0.307 e. The molecule has 0 radical (unpaired) electrons. The Balaban J connectivity index is 0.000000586. The van der Waals surface area contributed by atoms with E-state index in [0.29, 0.717) is 5.02 Å². The van der Waals surface area contributed by atoms with E-state index in [4.69, 9.17) is 21.7 Å². The van der Waals surface area contributed by atoms with Gasteiger partial charge in [-0.25, -0.2) is 4.98 Å². The van der Waals surface area contributed by atoms with Crippen molar-refractivity contribution in [1.29, 1.82) is 0 Å². The number of carboxylic acids is 1. The Morgan fingerprint density at radius 1 is 1.19 bits per heavy atom. The number of anilines is 1. The first-order valence-electron chi connectivity index (χ1n) is 12.2. The van der Waals surface area contributed by atoms with Gasteiger partial charge in [0.2, 0.25) is 0 Å². The van der Waals surface area contributed by atoms with E-state index in [2.05, 4.69) is 16.9 Å². The maximum atomic E-state index is 11.6. The van der Waals surface area contributed by atoms with Gasteiger partial charge >= 0.3 is 5.97 Å². The molecule has 4 aromatic rings. The average molecular weight is 541 g/mol. The van der Waals surface area contributed by atoms with Crippen molar-refractivity contribution < 1.29 is 15.0 Å². The number of thiazole rings is 1. The third-order valence-corrected chi connectivity index (χ3v) is 7.58. The SMILES string of the molecule is CC(C)(C)O.Cc1cc2nc(N3CCc4c(c(C)nn4C)C3)sc2c(-c2ccc(Cl)cc2)c1CC(=O)O. The first kappa shape index (κ1) is 27.1. The molecule has 0 bridgehead atoms. The molecule has 2 aromatic carbocycles. The summed E-state index contributed by atoms with van der Waals surface area (Å²) < 4.78 is 3.00. The maximum Gasteiger partial charge on any atom is 0.307 e. The van der Waals surface area contributed by atoms with Gasteiger partial charge in [0.25, 0.3) is 0 Å². The number of carbonyl (C=O) groups is 1. The molecule has 1 aliphatic heterocycles. The van der Waals surface area contributed by atoms with Crippen molar-refractivity contribution in [2.45, 2.75) is 59.6 Å². The molecular weight excluding hydrogens is 508 g/mol. The molecule has 0 amide bonds. The highest BCUT2D eigenvalue weighted by Gasteiger charge is 2.26. The average Bonchev–Trinajstić information content (AvgIpc) is 3.34. The van der Waals surface area contributed by atoms with Gasteiger partial charge in [-0.3, -0.25) is 9.48 Å². The predicted octanol–water partition coefficient (Wildman–Crippen LogP) is 5.93. The molecule has 0 aliphatic carbocycles. The van der Waals surface area contributed by atoms with Crippen molar-refractivity contribution in [2.24, 2.45) is 7.05 Å². The van der Waals surface area contributed by atoms with Crippen molar-refractivity contribution in [1.82, 2.24) is 14.8 Å². The summed E-state index contributed by atoms with van der Waals surface area (Å²) in [6.45, 7) is 10.9. The molecular formula is C28H33ClN4O3S. The summed E-state index contributed by atoms with van der Waals surface area (Å²) in [4.78, 5) is 18.9. The number of rotatable bonds is 4. The number of aliphatic carboxylic acids is 1. The first-order chi connectivity index (χ1) is 17.3. The Morgan fingerprint density at radius 2 is 1.84 bits per heavy atom. The van der Waals surface area contributed by atoms with E-state index in [1.54, 1.807) is 32.1 Å². The second-order valence-corrected chi connectivity index (χ2v) is 11.9. The number of halogens is 1. The molecule has 37 heavy (non-hydrogen) atoms. The fourth-order valence-electron chi connectivity index (χ4n) is 4.60. The highest BCUT2D eigenvalue weighted by Crippen LogP contribution is 2.41. The van der Waals surface area contributed by atoms with Crippen LogP contribution in [0.4, 0.5) is 5.13 Å². The van der Waals surface area contributed by atoms with Crippen LogP contribution >= 0.6 is 22.9 Å². The zero-order valence-corrected chi connectivity index (χ0v) is 23.7. The van der Waals surface area contributed by atoms with Gasteiger partial charge in [-0.15, -0.1) is 0 Å². The fraction of sp³-hybridized carbons (Fsp3) is 0.393. The molecule has 2 aromatic heterocycles. The minimum absolute atomic E-state index is 0.0328. The van der Waals surface area contributed by atoms with Crippen LogP contribution in [0.2, 0.25) is 5.02 Å². The van der Waals surface area contributed by atoms with Gasteiger partial charge in [-0.2, -0.15) is 5.10 Å². The standard InChI is InChI=1S/C24H23ClN4O2S.C4H10O/c1-13-10-19-23(22(17(13)11-21(30)31)15-4-6-16(25)7-5-15)32-24(26-19)29-9-8-20-18(12-29)14(2)27-28(20)3;1-4(2,3)5/h4-7,10H,8-9,11-12H2,1-3H3,(H,30,31);5H,1-3H3. The summed E-state index contributed by atoms with van der Waals surface area (Å²) in [7, 11) is 2.00. The van der Waals surface area contributed by atoms with Gasteiger partial charge in [0.1, 0.15) is 0 Å². The second kappa shape index (κ2) is 10.4. The summed E-state index contributed by atoms with van der Waals surface area (Å²) in [5, 5.41) is 24.3. The monoisotopic (exact) mass is 540 g/mol. The summed E-state index contributed by atoms with van der Waals surface area (Å²) >= 11 is 7.75. The summed E-state index contributed by atoms with van der Waals surface area (Å²) in [6.07, 6.45) is 0.894. The lowest BCUT2D eigenvalue weighted by atomic mass is 9.93. The van der Waals surface area contributed by atoms with Crippen LogP contribution in [-0.2, 0) is 31.2 Å². The van der Waals surface area contributed by atoms with E-state index >= 15 is 0 Å². The molecule has 0 fully saturated rings. The minimum Gasteiger partial charge on any atom is -0.481 e. The predicted molar refractivity (Wildman–Crippen MR) is 151 cm³/mol. The number of aryl methyl sites for hydroxylation is 3. The largest absolute Gasteiger partial charge is 0.481 e. The van der Waals surface area contributed by atoms with Crippen molar-refractivity contribution in [3.63, 3.8) is 0 Å². The highest BCUT2D eigenvalue weighted by atomic mass is 35.5. The van der Waals surface area contributed by atoms with E-state index in [0.717, 1.165) is 62.8 Å². The van der Waals surface area contributed by atoms with Crippen LogP contribution in [0.25, 0.3) is 21.3 Å². The molecule has 0 saturated heterocycles. The van der Waals surface area contributed by atoms with Crippen LogP contribution in [0.15, 0.2) is 30.3 Å². The van der Waals surface area contributed by atoms with Crippen LogP contribution < -0.4 is 4.90 Å². The van der Waals surface area contributed by atoms with Crippen LogP contribution in [0, 0.1) is 13.8 Å². The molecule has 0 unspecified atom stereocenters. The number of fused-ring (bicyclic) bond motifs is 2. The fourth-order valence-corrected chi connectivity index (χ4v) is 5.89. The van der Waals surface area contributed by atoms with Crippen LogP contribution in [0.1, 0.15) is 48.8 Å². The molecule has 2 N–H and O–H groups in total. The summed E-state index contributed by atoms with van der Waals surface area (Å²) in [5.41, 5.74) is 7.69. The number of aliphatic hydroxyl groups is 1. The van der Waals surface area contributed by atoms with Crippen molar-refractivity contribution >= 4 is 44.3 Å². The number of hydrogen-bond acceptors (Lipinski definition) is 6. The molecule has 1 aliphatic rings. The van der Waals surface area contributed by atoms with Gasteiger partial charge in [-0.05, 0) is 69.5 Å². The molecule has 0 saturated carbocycles. The van der Waals surface area contributed by atoms with Crippen molar-refractivity contribution in [2.75, 3.05) is 11.4 Å². The summed E-state index contributed by atoms with van der Waals surface area (Å²) in [5.74, 6) is -0.844. The van der Waals surface area contributed by atoms with Crippen molar-refractivity contribution in [3.05, 3.63) is 63.4 Å². The minimum atomic E-state index is -0.844. The quantitative estimate of drug-likeness (QED) is 0.333. The lowest BCUT2D eigenvalue weighted by Gasteiger charge is -2.27. The van der Waals surface area contributed by atoms with Gasteiger partial charge < -0.3 is 15.1 Å². The summed E-state index contributed by atoms with van der Waals surface area (Å²) in [6, 6.07) is 9.60. The van der Waals surface area contributed by atoms with E-state index < -0.39 is 11.6 Å². The molecule has 196 valence electrons. The van der Waals surface area contributed by atoms with Gasteiger partial charge in [0, 0.05) is 48.4 Å². The van der Waals surface area contributed by atoms with E-state index in [-0.39, 0.29) is 6.42 Å². The molecule has 9 heteroatoms. The Labute approximate surface area is 226 Å². The number of nitrogens with zero attached hydrogens (tertiary/aromatic N) is 4. The molecule has 5 rings (SSSR count). The lowest BCUT2D eigenvalue weighted by molar-refractivity contribution is -0.136. The maximum absolute atomic E-state index is 11.6. The van der Waals surface area contributed by atoms with Crippen molar-refractivity contribution in [3.8, 4) is 11.1 Å². The molecule has 0 atom stereocenters. The zero-order chi connectivity index (χ0) is 27.1. The zero-order valence-electron chi connectivity index (χ0n) is 22.1. The van der Waals surface area contributed by atoms with E-state index in [9.17, 15) is 9.90 Å². The molecule has 3 heterocycles. The van der Waals surface area contributed by atoms with Gasteiger partial charge in [0.15, 0.2) is 5.13 Å². The third kappa shape index (κ3) is 6.14. The second-order valence-electron chi connectivity index (χ2n) is 10.4. The Morgan fingerprint density at radius 3 is 2.46 bits per heavy atom. The molecule has 7 nitrogen and oxygen atoms in total. The number of aromatic nitrogens is 3.